The number of sulfonamides is 1. The Kier molecular flexibility index (Phi) is 5.71. The van der Waals surface area contributed by atoms with Gasteiger partial charge in [0.25, 0.3) is 5.91 Å². The molecule has 0 radical (unpaired) electrons. The smallest absolute Gasteiger partial charge is 0.251 e. The summed E-state index contributed by atoms with van der Waals surface area (Å²) in [5.41, 5.74) is -0.0612. The predicted molar refractivity (Wildman–Crippen MR) is 95.4 cm³/mol. The van der Waals surface area contributed by atoms with Gasteiger partial charge in [0.15, 0.2) is 0 Å². The third-order valence-corrected chi connectivity index (χ3v) is 6.07. The normalized spacial score (nSPS) is 22.2. The first-order chi connectivity index (χ1) is 11.1. The van der Waals surface area contributed by atoms with E-state index in [9.17, 15) is 13.2 Å². The molecule has 5 nitrogen and oxygen atoms in total. The van der Waals surface area contributed by atoms with E-state index >= 15 is 0 Å². The van der Waals surface area contributed by atoms with Crippen LogP contribution in [0.5, 0.6) is 0 Å². The SMILES string of the molecule is CC1CCCCC1NC(=O)c1ccc(S(=O)(=O)NC(C)(C)C)cc1. The van der Waals surface area contributed by atoms with E-state index in [0.717, 1.165) is 19.3 Å². The average Bonchev–Trinajstić information content (AvgIpc) is 2.47. The third-order valence-electron chi connectivity index (χ3n) is 4.30. The molecule has 6 heteroatoms. The molecule has 0 aromatic heterocycles. The molecule has 24 heavy (non-hydrogen) atoms. The largest absolute Gasteiger partial charge is 0.349 e. The van der Waals surface area contributed by atoms with Crippen LogP contribution < -0.4 is 10.0 Å². The van der Waals surface area contributed by atoms with E-state index in [1.807, 2.05) is 0 Å². The van der Waals surface area contributed by atoms with Crippen LogP contribution >= 0.6 is 0 Å². The van der Waals surface area contributed by atoms with E-state index < -0.39 is 15.6 Å². The van der Waals surface area contributed by atoms with Crippen molar-refractivity contribution in [2.24, 2.45) is 5.92 Å². The second kappa shape index (κ2) is 7.23. The lowest BCUT2D eigenvalue weighted by Crippen LogP contribution is -2.41. The zero-order valence-corrected chi connectivity index (χ0v) is 15.7. The molecule has 1 amide bonds. The number of rotatable bonds is 4. The molecule has 134 valence electrons. The van der Waals surface area contributed by atoms with Crippen molar-refractivity contribution < 1.29 is 13.2 Å². The molecule has 2 rings (SSSR count). The lowest BCUT2D eigenvalue weighted by Gasteiger charge is -2.29. The number of nitrogens with one attached hydrogen (secondary N) is 2. The second-order valence-corrected chi connectivity index (χ2v) is 9.40. The van der Waals surface area contributed by atoms with Crippen LogP contribution in [0.15, 0.2) is 29.2 Å². The van der Waals surface area contributed by atoms with Crippen molar-refractivity contribution in [3.63, 3.8) is 0 Å². The summed E-state index contributed by atoms with van der Waals surface area (Å²) in [5, 5.41) is 3.08. The van der Waals surface area contributed by atoms with E-state index in [-0.39, 0.29) is 16.8 Å². The van der Waals surface area contributed by atoms with E-state index in [1.165, 1.54) is 18.6 Å². The maximum Gasteiger partial charge on any atom is 0.251 e. The molecule has 0 bridgehead atoms. The minimum absolute atomic E-state index is 0.138. The molecular weight excluding hydrogens is 324 g/mol. The molecule has 0 heterocycles. The van der Waals surface area contributed by atoms with Crippen molar-refractivity contribution in [2.45, 2.75) is 69.9 Å². The van der Waals surface area contributed by atoms with Crippen LogP contribution in [0.3, 0.4) is 0 Å². The molecule has 2 unspecified atom stereocenters. The van der Waals surface area contributed by atoms with Crippen LogP contribution in [-0.4, -0.2) is 25.9 Å². The Morgan fingerprint density at radius 1 is 1.08 bits per heavy atom. The maximum atomic E-state index is 12.4. The lowest BCUT2D eigenvalue weighted by molar-refractivity contribution is 0.0910. The summed E-state index contributed by atoms with van der Waals surface area (Å²) >= 11 is 0. The molecular formula is C18H28N2O3S. The highest BCUT2D eigenvalue weighted by atomic mass is 32.2. The van der Waals surface area contributed by atoms with Gasteiger partial charge < -0.3 is 5.32 Å². The highest BCUT2D eigenvalue weighted by Gasteiger charge is 2.24. The van der Waals surface area contributed by atoms with Gasteiger partial charge in [-0.1, -0.05) is 19.8 Å². The third kappa shape index (κ3) is 5.05. The Balaban J connectivity index is 2.07. The van der Waals surface area contributed by atoms with Gasteiger partial charge in [-0.2, -0.15) is 0 Å². The van der Waals surface area contributed by atoms with Crippen LogP contribution in [-0.2, 0) is 10.0 Å². The van der Waals surface area contributed by atoms with E-state index in [2.05, 4.69) is 17.0 Å². The van der Waals surface area contributed by atoms with E-state index in [0.29, 0.717) is 11.5 Å². The number of amides is 1. The Morgan fingerprint density at radius 3 is 2.21 bits per heavy atom. The molecule has 0 spiro atoms. The molecule has 1 aromatic carbocycles. The first-order valence-corrected chi connectivity index (χ1v) is 10.0. The highest BCUT2D eigenvalue weighted by molar-refractivity contribution is 7.89. The average molecular weight is 353 g/mol. The summed E-state index contributed by atoms with van der Waals surface area (Å²) in [4.78, 5) is 12.5. The van der Waals surface area contributed by atoms with Gasteiger partial charge in [0, 0.05) is 17.1 Å². The standard InChI is InChI=1S/C18H28N2O3S/c1-13-7-5-6-8-16(13)19-17(21)14-9-11-15(12-10-14)24(22,23)20-18(2,3)4/h9-13,16,20H,5-8H2,1-4H3,(H,19,21). The summed E-state index contributed by atoms with van der Waals surface area (Å²) in [5.74, 6) is 0.347. The Labute approximate surface area is 145 Å². The van der Waals surface area contributed by atoms with Gasteiger partial charge in [0.2, 0.25) is 10.0 Å². The fraction of sp³-hybridized carbons (Fsp3) is 0.611. The summed E-state index contributed by atoms with van der Waals surface area (Å²) in [6.45, 7) is 7.53. The van der Waals surface area contributed by atoms with Crippen LogP contribution in [0.1, 0.15) is 63.7 Å². The minimum Gasteiger partial charge on any atom is -0.349 e. The molecule has 1 saturated carbocycles. The van der Waals surface area contributed by atoms with Crippen LogP contribution in [0.4, 0.5) is 0 Å². The molecule has 0 aliphatic heterocycles. The number of hydrogen-bond donors (Lipinski definition) is 2. The van der Waals surface area contributed by atoms with Gasteiger partial charge in [0.05, 0.1) is 4.90 Å². The van der Waals surface area contributed by atoms with E-state index in [1.54, 1.807) is 32.9 Å². The maximum absolute atomic E-state index is 12.4. The Bertz CT molecular complexity index is 675. The Morgan fingerprint density at radius 2 is 1.67 bits per heavy atom. The van der Waals surface area contributed by atoms with Crippen molar-refractivity contribution >= 4 is 15.9 Å². The first kappa shape index (κ1) is 18.9. The summed E-state index contributed by atoms with van der Waals surface area (Å²) in [6.07, 6.45) is 4.52. The second-order valence-electron chi connectivity index (χ2n) is 7.72. The van der Waals surface area contributed by atoms with Crippen molar-refractivity contribution in [2.75, 3.05) is 0 Å². The fourth-order valence-corrected chi connectivity index (χ4v) is 4.45. The monoisotopic (exact) mass is 352 g/mol. The van der Waals surface area contributed by atoms with Gasteiger partial charge in [-0.15, -0.1) is 0 Å². The predicted octanol–water partition coefficient (Wildman–Crippen LogP) is 3.07. The zero-order chi connectivity index (χ0) is 18.0. The zero-order valence-electron chi connectivity index (χ0n) is 14.9. The van der Waals surface area contributed by atoms with Crippen LogP contribution in [0.25, 0.3) is 0 Å². The van der Waals surface area contributed by atoms with Crippen molar-refractivity contribution in [3.8, 4) is 0 Å². The highest BCUT2D eigenvalue weighted by Crippen LogP contribution is 2.24. The lowest BCUT2D eigenvalue weighted by atomic mass is 9.86. The fourth-order valence-electron chi connectivity index (χ4n) is 3.03. The number of benzene rings is 1. The van der Waals surface area contributed by atoms with Crippen molar-refractivity contribution in [3.05, 3.63) is 29.8 Å². The quantitative estimate of drug-likeness (QED) is 0.874. The number of carbonyl (C=O) groups is 1. The molecule has 1 aliphatic rings. The summed E-state index contributed by atoms with van der Waals surface area (Å²) in [6, 6.07) is 6.30. The topological polar surface area (TPSA) is 75.3 Å². The summed E-state index contributed by atoms with van der Waals surface area (Å²) in [7, 11) is -3.58. The molecule has 0 saturated heterocycles. The van der Waals surface area contributed by atoms with Gasteiger partial charge in [0.1, 0.15) is 0 Å². The van der Waals surface area contributed by atoms with Gasteiger partial charge in [-0.05, 0) is 63.8 Å². The van der Waals surface area contributed by atoms with Gasteiger partial charge in [-0.25, -0.2) is 13.1 Å². The Hall–Kier alpha value is -1.40. The number of carbonyl (C=O) groups excluding carboxylic acids is 1. The molecule has 1 aromatic rings. The molecule has 2 atom stereocenters. The first-order valence-electron chi connectivity index (χ1n) is 8.53. The van der Waals surface area contributed by atoms with Gasteiger partial charge in [-0.3, -0.25) is 4.79 Å². The molecule has 2 N–H and O–H groups in total. The molecule has 1 fully saturated rings. The number of hydrogen-bond acceptors (Lipinski definition) is 3. The minimum atomic E-state index is -3.58. The summed E-state index contributed by atoms with van der Waals surface area (Å²) < 4.78 is 27.2. The van der Waals surface area contributed by atoms with Crippen LogP contribution in [0, 0.1) is 5.92 Å². The van der Waals surface area contributed by atoms with Crippen LogP contribution in [0.2, 0.25) is 0 Å². The van der Waals surface area contributed by atoms with Crippen molar-refractivity contribution in [1.82, 2.24) is 10.0 Å². The molecule has 1 aliphatic carbocycles. The van der Waals surface area contributed by atoms with Gasteiger partial charge >= 0.3 is 0 Å². The van der Waals surface area contributed by atoms with Crippen molar-refractivity contribution in [1.29, 1.82) is 0 Å². The van der Waals surface area contributed by atoms with E-state index in [4.69, 9.17) is 0 Å².